The number of pyridine rings is 1. The molecule has 0 aliphatic heterocycles. The molecule has 0 spiro atoms. The van der Waals surface area contributed by atoms with E-state index in [4.69, 9.17) is 4.98 Å². The van der Waals surface area contributed by atoms with E-state index in [0.717, 1.165) is 28.0 Å². The lowest BCUT2D eigenvalue weighted by Gasteiger charge is -2.22. The van der Waals surface area contributed by atoms with Gasteiger partial charge in [0.05, 0.1) is 39.8 Å². The van der Waals surface area contributed by atoms with E-state index in [9.17, 15) is 32.9 Å². The molecule has 1 fully saturated rings. The number of halogens is 4. The van der Waals surface area contributed by atoms with Crippen LogP contribution in [-0.2, 0) is 0 Å². The molecule has 5 rings (SSSR count). The third kappa shape index (κ3) is 6.09. The maximum atomic E-state index is 14.4. The molecule has 0 unspecified atom stereocenters. The summed E-state index contributed by atoms with van der Waals surface area (Å²) in [7, 11) is 0. The van der Waals surface area contributed by atoms with Crippen molar-refractivity contribution >= 4 is 33.3 Å². The van der Waals surface area contributed by atoms with Gasteiger partial charge in [0.2, 0.25) is 5.95 Å². The second-order valence-corrected chi connectivity index (χ2v) is 11.2. The molecule has 3 heterocycles. The molecule has 1 aliphatic carbocycles. The van der Waals surface area contributed by atoms with Crippen LogP contribution in [0.5, 0.6) is 5.75 Å². The van der Waals surface area contributed by atoms with Crippen molar-refractivity contribution in [2.45, 2.75) is 57.8 Å². The molecular weight excluding hydrogens is 580 g/mol. The fourth-order valence-electron chi connectivity index (χ4n) is 4.98. The number of anilines is 2. The Labute approximate surface area is 241 Å². The quantitative estimate of drug-likeness (QED) is 0.181. The molecule has 0 amide bonds. The zero-order valence-electron chi connectivity index (χ0n) is 22.6. The second kappa shape index (κ2) is 11.6. The Hall–Kier alpha value is -3.66. The molecule has 42 heavy (non-hydrogen) atoms. The average molecular weight is 609 g/mol. The topological polar surface area (TPSA) is 146 Å². The molecular formula is C27H28F4N6O4S. The van der Waals surface area contributed by atoms with Crippen LogP contribution in [0.1, 0.15) is 36.3 Å². The van der Waals surface area contributed by atoms with E-state index in [0.29, 0.717) is 27.6 Å². The van der Waals surface area contributed by atoms with Gasteiger partial charge in [-0.1, -0.05) is 6.07 Å². The second-order valence-electron chi connectivity index (χ2n) is 10.1. The number of alkyl halides is 3. The molecule has 5 atom stereocenters. The predicted octanol–water partition coefficient (Wildman–Crippen LogP) is 4.49. The SMILES string of the molecule is Cc1nc(N[C@H](C)c2ccc(OC(F)(F)F)c(F)c2)nc(N[C@@H]2C[C@H](CO)[C@@H](O)[C@H]2O)c1-c1nc2c(C)nccc2s1. The molecule has 224 valence electrons. The van der Waals surface area contributed by atoms with Gasteiger partial charge in [-0.3, -0.25) is 4.98 Å². The van der Waals surface area contributed by atoms with Crippen molar-refractivity contribution in [3.8, 4) is 16.3 Å². The molecule has 1 aromatic carbocycles. The van der Waals surface area contributed by atoms with E-state index in [1.54, 1.807) is 20.0 Å². The number of aliphatic hydroxyl groups excluding tert-OH is 3. The minimum absolute atomic E-state index is 0.118. The van der Waals surface area contributed by atoms with Crippen LogP contribution in [0.3, 0.4) is 0 Å². The number of benzene rings is 1. The highest BCUT2D eigenvalue weighted by Crippen LogP contribution is 2.39. The molecule has 0 radical (unpaired) electrons. The molecule has 3 aromatic heterocycles. The Morgan fingerprint density at radius 1 is 1.10 bits per heavy atom. The molecule has 5 N–H and O–H groups in total. The number of thiazole rings is 1. The number of nitrogens with one attached hydrogen (secondary N) is 2. The highest BCUT2D eigenvalue weighted by molar-refractivity contribution is 7.21. The van der Waals surface area contributed by atoms with E-state index in [2.05, 4.69) is 30.3 Å². The summed E-state index contributed by atoms with van der Waals surface area (Å²) in [5, 5.41) is 37.5. The van der Waals surface area contributed by atoms with Crippen molar-refractivity contribution in [3.05, 3.63) is 53.2 Å². The van der Waals surface area contributed by atoms with Gasteiger partial charge >= 0.3 is 6.36 Å². The molecule has 1 aliphatic rings. The number of fused-ring (bicyclic) bond motifs is 1. The van der Waals surface area contributed by atoms with Crippen LogP contribution in [0, 0.1) is 25.6 Å². The summed E-state index contributed by atoms with van der Waals surface area (Å²) in [6.07, 6.45) is -5.38. The van der Waals surface area contributed by atoms with Crippen molar-refractivity contribution in [2.24, 2.45) is 5.92 Å². The molecule has 15 heteroatoms. The van der Waals surface area contributed by atoms with Crippen molar-refractivity contribution in [1.29, 1.82) is 0 Å². The number of nitrogens with zero attached hydrogens (tertiary/aromatic N) is 4. The van der Waals surface area contributed by atoms with Gasteiger partial charge in [0.25, 0.3) is 0 Å². The standard InChI is InChI=1S/C27H28F4N6O4S/c1-11(14-4-5-18(16(28)8-14)41-27(29,30)31)33-26-34-12(2)20(25-36-21-13(3)32-7-6-19(21)42-25)24(37-26)35-17-9-15(10-38)22(39)23(17)40/h4-8,11,15,17,22-23,38-40H,9-10H2,1-3H3,(H2,33,34,35,37)/t11-,15-,17-,22-,23+/m1/s1. The molecule has 10 nitrogen and oxygen atoms in total. The maximum Gasteiger partial charge on any atom is 0.573 e. The molecule has 4 aromatic rings. The summed E-state index contributed by atoms with van der Waals surface area (Å²) in [5.74, 6) is -2.23. The summed E-state index contributed by atoms with van der Waals surface area (Å²) < 4.78 is 56.6. The summed E-state index contributed by atoms with van der Waals surface area (Å²) in [4.78, 5) is 18.2. The van der Waals surface area contributed by atoms with E-state index in [1.165, 1.54) is 17.4 Å². The Morgan fingerprint density at radius 3 is 2.50 bits per heavy atom. The van der Waals surface area contributed by atoms with E-state index in [1.807, 2.05) is 13.0 Å². The fraction of sp³-hybridized carbons (Fsp3) is 0.407. The van der Waals surface area contributed by atoms with Crippen molar-refractivity contribution in [2.75, 3.05) is 17.2 Å². The zero-order chi connectivity index (χ0) is 30.3. The van der Waals surface area contributed by atoms with E-state index < -0.39 is 48.1 Å². The maximum absolute atomic E-state index is 14.4. The lowest BCUT2D eigenvalue weighted by molar-refractivity contribution is -0.275. The Kier molecular flexibility index (Phi) is 8.20. The Bertz CT molecular complexity index is 1600. The van der Waals surface area contributed by atoms with Gasteiger partial charge in [-0.15, -0.1) is 24.5 Å². The largest absolute Gasteiger partial charge is 0.573 e. The van der Waals surface area contributed by atoms with Gasteiger partial charge in [0.15, 0.2) is 11.6 Å². The number of aliphatic hydroxyl groups is 3. The van der Waals surface area contributed by atoms with Gasteiger partial charge < -0.3 is 30.7 Å². The van der Waals surface area contributed by atoms with Crippen LogP contribution in [0.25, 0.3) is 20.8 Å². The van der Waals surface area contributed by atoms with Gasteiger partial charge in [0.1, 0.15) is 22.4 Å². The number of aryl methyl sites for hydroxylation is 2. The normalized spacial score (nSPS) is 21.5. The van der Waals surface area contributed by atoms with Crippen LogP contribution >= 0.6 is 11.3 Å². The smallest absolute Gasteiger partial charge is 0.403 e. The highest BCUT2D eigenvalue weighted by atomic mass is 32.1. The van der Waals surface area contributed by atoms with Crippen LogP contribution < -0.4 is 15.4 Å². The molecule has 0 saturated heterocycles. The lowest BCUT2D eigenvalue weighted by Crippen LogP contribution is -2.35. The first kappa shape index (κ1) is 29.8. The minimum Gasteiger partial charge on any atom is -0.403 e. The third-order valence-electron chi connectivity index (χ3n) is 7.18. The first-order valence-corrected chi connectivity index (χ1v) is 13.8. The van der Waals surface area contributed by atoms with Crippen LogP contribution in [0.4, 0.5) is 29.3 Å². The first-order valence-electron chi connectivity index (χ1n) is 13.0. The monoisotopic (exact) mass is 608 g/mol. The Balaban J connectivity index is 1.50. The number of rotatable bonds is 8. The summed E-state index contributed by atoms with van der Waals surface area (Å²) in [6.45, 7) is 4.95. The third-order valence-corrected chi connectivity index (χ3v) is 8.22. The van der Waals surface area contributed by atoms with Crippen molar-refractivity contribution in [1.82, 2.24) is 19.9 Å². The summed E-state index contributed by atoms with van der Waals surface area (Å²) in [6, 6.07) is 3.69. The predicted molar refractivity (Wildman–Crippen MR) is 148 cm³/mol. The summed E-state index contributed by atoms with van der Waals surface area (Å²) >= 11 is 1.40. The Morgan fingerprint density at radius 2 is 1.86 bits per heavy atom. The average Bonchev–Trinajstić information content (AvgIpc) is 3.46. The number of aromatic nitrogens is 4. The van der Waals surface area contributed by atoms with Crippen LogP contribution in [-0.4, -0.2) is 66.5 Å². The van der Waals surface area contributed by atoms with E-state index >= 15 is 0 Å². The lowest BCUT2D eigenvalue weighted by atomic mass is 10.1. The molecule has 0 bridgehead atoms. The molecule has 1 saturated carbocycles. The number of ether oxygens (including phenoxy) is 1. The minimum atomic E-state index is -5.03. The van der Waals surface area contributed by atoms with Crippen molar-refractivity contribution < 1.29 is 37.6 Å². The fourth-order valence-corrected chi connectivity index (χ4v) is 6.09. The highest BCUT2D eigenvalue weighted by Gasteiger charge is 2.41. The van der Waals surface area contributed by atoms with Crippen molar-refractivity contribution in [3.63, 3.8) is 0 Å². The van der Waals surface area contributed by atoms with E-state index in [-0.39, 0.29) is 19.0 Å². The van der Waals surface area contributed by atoms with Gasteiger partial charge in [0, 0.05) is 18.7 Å². The van der Waals surface area contributed by atoms with Gasteiger partial charge in [-0.05, 0) is 51.0 Å². The van der Waals surface area contributed by atoms with Gasteiger partial charge in [-0.2, -0.15) is 4.98 Å². The zero-order valence-corrected chi connectivity index (χ0v) is 23.5. The van der Waals surface area contributed by atoms with Crippen LogP contribution in [0.15, 0.2) is 30.5 Å². The first-order chi connectivity index (χ1) is 19.8. The summed E-state index contributed by atoms with van der Waals surface area (Å²) in [5.41, 5.74) is 2.85. The number of hydrogen-bond acceptors (Lipinski definition) is 11. The number of hydrogen-bond donors (Lipinski definition) is 5. The van der Waals surface area contributed by atoms with Crippen LogP contribution in [0.2, 0.25) is 0 Å². The van der Waals surface area contributed by atoms with Gasteiger partial charge in [-0.25, -0.2) is 14.4 Å².